The number of hydrogen-bond acceptors (Lipinski definition) is 2. The fourth-order valence-corrected chi connectivity index (χ4v) is 1.68. The summed E-state index contributed by atoms with van der Waals surface area (Å²) in [5.41, 5.74) is 2.43. The quantitative estimate of drug-likeness (QED) is 0.781. The first-order valence-corrected chi connectivity index (χ1v) is 6.70. The van der Waals surface area contributed by atoms with Crippen molar-refractivity contribution in [3.63, 3.8) is 0 Å². The van der Waals surface area contributed by atoms with Gasteiger partial charge in [-0.1, -0.05) is 26.0 Å². The molecule has 1 amide bonds. The van der Waals surface area contributed by atoms with Crippen LogP contribution in [0.4, 0.5) is 5.69 Å². The number of hydrogen-bond donors (Lipinski definition) is 2. The molecule has 1 rings (SSSR count). The number of carbonyl (C=O) groups is 2. The lowest BCUT2D eigenvalue weighted by molar-refractivity contribution is -0.131. The zero-order valence-corrected chi connectivity index (χ0v) is 12.1. The second-order valence-electron chi connectivity index (χ2n) is 5.23. The van der Waals surface area contributed by atoms with Crippen LogP contribution in [0.25, 0.3) is 6.08 Å². The van der Waals surface area contributed by atoms with E-state index in [9.17, 15) is 9.59 Å². The van der Waals surface area contributed by atoms with Crippen LogP contribution < -0.4 is 5.32 Å². The molecule has 0 saturated carbocycles. The number of carboxylic acid groups (broad SMARTS) is 1. The van der Waals surface area contributed by atoms with E-state index < -0.39 is 5.97 Å². The summed E-state index contributed by atoms with van der Waals surface area (Å²) in [5.74, 6) is -0.513. The SMILES string of the molecule is Cc1ccc(C=CC(=O)O)cc1NC(=O)CCC(C)C. The first kappa shape index (κ1) is 16.0. The van der Waals surface area contributed by atoms with Crippen molar-refractivity contribution in [2.24, 2.45) is 5.92 Å². The van der Waals surface area contributed by atoms with Crippen LogP contribution in [0.3, 0.4) is 0 Å². The zero-order chi connectivity index (χ0) is 15.1. The highest BCUT2D eigenvalue weighted by Crippen LogP contribution is 2.18. The van der Waals surface area contributed by atoms with E-state index >= 15 is 0 Å². The van der Waals surface area contributed by atoms with Gasteiger partial charge in [0.05, 0.1) is 0 Å². The second kappa shape index (κ2) is 7.48. The van der Waals surface area contributed by atoms with Gasteiger partial charge in [0.15, 0.2) is 0 Å². The molecule has 0 aromatic heterocycles. The third-order valence-electron chi connectivity index (χ3n) is 2.90. The number of anilines is 1. The third-order valence-corrected chi connectivity index (χ3v) is 2.90. The third kappa shape index (κ3) is 5.69. The highest BCUT2D eigenvalue weighted by atomic mass is 16.4. The van der Waals surface area contributed by atoms with Gasteiger partial charge in [0, 0.05) is 18.2 Å². The van der Waals surface area contributed by atoms with Crippen LogP contribution in [0.1, 0.15) is 37.8 Å². The average molecular weight is 275 g/mol. The lowest BCUT2D eigenvalue weighted by Gasteiger charge is -2.10. The fourth-order valence-electron chi connectivity index (χ4n) is 1.68. The smallest absolute Gasteiger partial charge is 0.328 e. The molecule has 1 aromatic carbocycles. The maximum atomic E-state index is 11.8. The molecule has 0 fully saturated rings. The van der Waals surface area contributed by atoms with E-state index in [4.69, 9.17) is 5.11 Å². The predicted molar refractivity (Wildman–Crippen MR) is 80.6 cm³/mol. The van der Waals surface area contributed by atoms with Crippen LogP contribution in [-0.4, -0.2) is 17.0 Å². The topological polar surface area (TPSA) is 66.4 Å². The van der Waals surface area contributed by atoms with E-state index in [2.05, 4.69) is 19.2 Å². The average Bonchev–Trinajstić information content (AvgIpc) is 2.37. The molecule has 108 valence electrons. The minimum atomic E-state index is -0.993. The van der Waals surface area contributed by atoms with Crippen LogP contribution in [-0.2, 0) is 9.59 Å². The van der Waals surface area contributed by atoms with E-state index in [1.807, 2.05) is 19.1 Å². The number of nitrogens with one attached hydrogen (secondary N) is 1. The Morgan fingerprint density at radius 1 is 1.35 bits per heavy atom. The monoisotopic (exact) mass is 275 g/mol. The van der Waals surface area contributed by atoms with Crippen molar-refractivity contribution in [3.05, 3.63) is 35.4 Å². The van der Waals surface area contributed by atoms with Crippen molar-refractivity contribution in [2.45, 2.75) is 33.6 Å². The molecule has 1 aromatic rings. The molecule has 0 radical (unpaired) electrons. The Morgan fingerprint density at radius 2 is 2.05 bits per heavy atom. The molecule has 0 aliphatic heterocycles. The fraction of sp³-hybridized carbons (Fsp3) is 0.375. The van der Waals surface area contributed by atoms with E-state index in [-0.39, 0.29) is 5.91 Å². The van der Waals surface area contributed by atoms with Crippen molar-refractivity contribution in [1.29, 1.82) is 0 Å². The molecule has 0 aliphatic carbocycles. The summed E-state index contributed by atoms with van der Waals surface area (Å²) in [5, 5.41) is 11.5. The van der Waals surface area contributed by atoms with Gasteiger partial charge in [0.25, 0.3) is 0 Å². The Kier molecular flexibility index (Phi) is 5.97. The molecular formula is C16H21NO3. The summed E-state index contributed by atoms with van der Waals surface area (Å²) in [6.45, 7) is 6.06. The lowest BCUT2D eigenvalue weighted by Crippen LogP contribution is -2.13. The van der Waals surface area contributed by atoms with E-state index in [1.165, 1.54) is 6.08 Å². The minimum Gasteiger partial charge on any atom is -0.478 e. The summed E-state index contributed by atoms with van der Waals surface area (Å²) in [4.78, 5) is 22.3. The molecule has 0 saturated heterocycles. The minimum absolute atomic E-state index is 0.0128. The largest absolute Gasteiger partial charge is 0.478 e. The molecule has 4 heteroatoms. The van der Waals surface area contributed by atoms with Gasteiger partial charge in [-0.2, -0.15) is 0 Å². The maximum Gasteiger partial charge on any atom is 0.328 e. The lowest BCUT2D eigenvalue weighted by atomic mass is 10.1. The summed E-state index contributed by atoms with van der Waals surface area (Å²) >= 11 is 0. The highest BCUT2D eigenvalue weighted by Gasteiger charge is 2.06. The highest BCUT2D eigenvalue weighted by molar-refractivity contribution is 5.92. The molecule has 0 spiro atoms. The van der Waals surface area contributed by atoms with Crippen molar-refractivity contribution in [2.75, 3.05) is 5.32 Å². The second-order valence-corrected chi connectivity index (χ2v) is 5.23. The summed E-state index contributed by atoms with van der Waals surface area (Å²) in [6, 6.07) is 5.46. The Morgan fingerprint density at radius 3 is 2.65 bits per heavy atom. The number of amides is 1. The van der Waals surface area contributed by atoms with E-state index in [0.29, 0.717) is 12.3 Å². The zero-order valence-electron chi connectivity index (χ0n) is 12.1. The van der Waals surface area contributed by atoms with Crippen LogP contribution in [0.5, 0.6) is 0 Å². The summed E-state index contributed by atoms with van der Waals surface area (Å²) in [6.07, 6.45) is 3.93. The van der Waals surface area contributed by atoms with Crippen molar-refractivity contribution >= 4 is 23.6 Å². The predicted octanol–water partition coefficient (Wildman–Crippen LogP) is 3.47. The molecule has 20 heavy (non-hydrogen) atoms. The van der Waals surface area contributed by atoms with Crippen molar-refractivity contribution in [1.82, 2.24) is 0 Å². The molecule has 4 nitrogen and oxygen atoms in total. The van der Waals surface area contributed by atoms with Gasteiger partial charge in [0.1, 0.15) is 0 Å². The van der Waals surface area contributed by atoms with E-state index in [0.717, 1.165) is 29.3 Å². The number of benzene rings is 1. The normalized spacial score (nSPS) is 11.0. The molecule has 2 N–H and O–H groups in total. The molecule has 0 unspecified atom stereocenters. The molecule has 0 bridgehead atoms. The van der Waals surface area contributed by atoms with Gasteiger partial charge in [-0.15, -0.1) is 0 Å². The van der Waals surface area contributed by atoms with Gasteiger partial charge in [-0.3, -0.25) is 4.79 Å². The molecule has 0 heterocycles. The molecular weight excluding hydrogens is 254 g/mol. The van der Waals surface area contributed by atoms with Gasteiger partial charge in [-0.25, -0.2) is 4.79 Å². The molecule has 0 atom stereocenters. The van der Waals surface area contributed by atoms with Crippen LogP contribution in [0.15, 0.2) is 24.3 Å². The Balaban J connectivity index is 2.76. The number of aryl methyl sites for hydroxylation is 1. The first-order chi connectivity index (χ1) is 9.38. The van der Waals surface area contributed by atoms with Crippen LogP contribution in [0.2, 0.25) is 0 Å². The van der Waals surface area contributed by atoms with Gasteiger partial charge in [-0.05, 0) is 42.5 Å². The van der Waals surface area contributed by atoms with Crippen LogP contribution in [0, 0.1) is 12.8 Å². The van der Waals surface area contributed by atoms with Crippen molar-refractivity contribution in [3.8, 4) is 0 Å². The number of aliphatic carboxylic acids is 1. The summed E-state index contributed by atoms with van der Waals surface area (Å²) < 4.78 is 0. The van der Waals surface area contributed by atoms with Crippen molar-refractivity contribution < 1.29 is 14.7 Å². The standard InChI is InChI=1S/C16H21NO3/c1-11(2)4-8-15(18)17-14-10-13(6-5-12(14)3)7-9-16(19)20/h5-7,9-11H,4,8H2,1-3H3,(H,17,18)(H,19,20). The van der Waals surface area contributed by atoms with Gasteiger partial charge >= 0.3 is 5.97 Å². The van der Waals surface area contributed by atoms with Gasteiger partial charge in [0.2, 0.25) is 5.91 Å². The summed E-state index contributed by atoms with van der Waals surface area (Å²) in [7, 11) is 0. The number of rotatable bonds is 6. The number of carbonyl (C=O) groups excluding carboxylic acids is 1. The number of carboxylic acids is 1. The Hall–Kier alpha value is -2.10. The Bertz CT molecular complexity index is 518. The maximum absolute atomic E-state index is 11.8. The first-order valence-electron chi connectivity index (χ1n) is 6.70. The Labute approximate surface area is 119 Å². The van der Waals surface area contributed by atoms with Gasteiger partial charge < -0.3 is 10.4 Å². The van der Waals surface area contributed by atoms with Crippen LogP contribution >= 0.6 is 0 Å². The van der Waals surface area contributed by atoms with E-state index in [1.54, 1.807) is 6.07 Å². The molecule has 0 aliphatic rings.